The van der Waals surface area contributed by atoms with Gasteiger partial charge < -0.3 is 10.6 Å². The number of carbonyl (C=O) groups is 1. The predicted molar refractivity (Wildman–Crippen MR) is 85.8 cm³/mol. The van der Waals surface area contributed by atoms with E-state index in [4.69, 9.17) is 5.73 Å². The molecule has 0 aromatic heterocycles. The maximum Gasteiger partial charge on any atom is 0.239 e. The molecule has 1 heterocycles. The van der Waals surface area contributed by atoms with E-state index in [1.165, 1.54) is 5.56 Å². The molecule has 1 aliphatic rings. The highest BCUT2D eigenvalue weighted by atomic mass is 16.2. The molecule has 0 spiro atoms. The normalized spacial score (nSPS) is 21.3. The smallest absolute Gasteiger partial charge is 0.239 e. The Bertz CT molecular complexity index is 449. The molecule has 1 aromatic carbocycles. The Kier molecular flexibility index (Phi) is 5.76. The fourth-order valence-corrected chi connectivity index (χ4v) is 2.99. The van der Waals surface area contributed by atoms with E-state index < -0.39 is 0 Å². The molecular weight excluding hydrogens is 262 g/mol. The molecule has 2 atom stereocenters. The molecule has 1 fully saturated rings. The van der Waals surface area contributed by atoms with Gasteiger partial charge in [0, 0.05) is 32.2 Å². The lowest BCUT2D eigenvalue weighted by Gasteiger charge is -2.41. The summed E-state index contributed by atoms with van der Waals surface area (Å²) in [5.74, 6) is 0.115. The number of piperazine rings is 1. The average molecular weight is 289 g/mol. The highest BCUT2D eigenvalue weighted by Gasteiger charge is 2.29. The zero-order valence-corrected chi connectivity index (χ0v) is 13.2. The van der Waals surface area contributed by atoms with Crippen molar-refractivity contribution in [1.29, 1.82) is 0 Å². The van der Waals surface area contributed by atoms with Crippen molar-refractivity contribution in [1.82, 2.24) is 9.80 Å². The van der Waals surface area contributed by atoms with Crippen molar-refractivity contribution in [3.8, 4) is 0 Å². The van der Waals surface area contributed by atoms with E-state index in [0.717, 1.165) is 39.0 Å². The molecule has 2 unspecified atom stereocenters. The van der Waals surface area contributed by atoms with Crippen molar-refractivity contribution in [3.63, 3.8) is 0 Å². The Balaban J connectivity index is 1.88. The minimum atomic E-state index is -0.335. The monoisotopic (exact) mass is 289 g/mol. The van der Waals surface area contributed by atoms with Gasteiger partial charge in [0.2, 0.25) is 5.91 Å². The molecule has 0 aliphatic carbocycles. The summed E-state index contributed by atoms with van der Waals surface area (Å²) in [6, 6.07) is 10.4. The largest absolute Gasteiger partial charge is 0.336 e. The fraction of sp³-hybridized carbons (Fsp3) is 0.588. The van der Waals surface area contributed by atoms with Crippen LogP contribution in [-0.4, -0.2) is 47.4 Å². The lowest BCUT2D eigenvalue weighted by atomic mass is 10.1. The first kappa shape index (κ1) is 16.0. The third kappa shape index (κ3) is 4.29. The third-order valence-corrected chi connectivity index (χ3v) is 4.16. The van der Waals surface area contributed by atoms with Gasteiger partial charge in [-0.15, -0.1) is 0 Å². The molecule has 1 aromatic rings. The molecule has 4 nitrogen and oxygen atoms in total. The van der Waals surface area contributed by atoms with Crippen LogP contribution in [0, 0.1) is 0 Å². The van der Waals surface area contributed by atoms with Crippen molar-refractivity contribution < 1.29 is 4.79 Å². The third-order valence-electron chi connectivity index (χ3n) is 4.16. The average Bonchev–Trinajstić information content (AvgIpc) is 2.48. The van der Waals surface area contributed by atoms with Crippen LogP contribution < -0.4 is 5.73 Å². The standard InChI is InChI=1S/C17H27N3O/c1-3-7-16(18)17(21)20-11-10-19(12-14(20)2)13-15-8-5-4-6-9-15/h4-6,8-9,14,16H,3,7,10-13,18H2,1-2H3. The summed E-state index contributed by atoms with van der Waals surface area (Å²) in [6.45, 7) is 7.75. The summed E-state index contributed by atoms with van der Waals surface area (Å²) in [4.78, 5) is 16.7. The fourth-order valence-electron chi connectivity index (χ4n) is 2.99. The Labute approximate surface area is 127 Å². The van der Waals surface area contributed by atoms with Gasteiger partial charge in [-0.05, 0) is 18.9 Å². The summed E-state index contributed by atoms with van der Waals surface area (Å²) >= 11 is 0. The lowest BCUT2D eigenvalue weighted by molar-refractivity contribution is -0.137. The number of rotatable bonds is 5. The van der Waals surface area contributed by atoms with E-state index in [0.29, 0.717) is 0 Å². The van der Waals surface area contributed by atoms with E-state index >= 15 is 0 Å². The Morgan fingerprint density at radius 1 is 1.33 bits per heavy atom. The van der Waals surface area contributed by atoms with Gasteiger partial charge in [-0.3, -0.25) is 9.69 Å². The van der Waals surface area contributed by atoms with Crippen LogP contribution in [0.1, 0.15) is 32.3 Å². The Hall–Kier alpha value is -1.39. The summed E-state index contributed by atoms with van der Waals surface area (Å²) in [6.07, 6.45) is 1.73. The van der Waals surface area contributed by atoms with Gasteiger partial charge in [-0.25, -0.2) is 0 Å². The number of hydrogen-bond donors (Lipinski definition) is 1. The van der Waals surface area contributed by atoms with Crippen LogP contribution in [0.2, 0.25) is 0 Å². The van der Waals surface area contributed by atoms with E-state index in [-0.39, 0.29) is 18.0 Å². The van der Waals surface area contributed by atoms with Gasteiger partial charge in [0.1, 0.15) is 0 Å². The number of hydrogen-bond acceptors (Lipinski definition) is 3. The van der Waals surface area contributed by atoms with Crippen LogP contribution in [0.25, 0.3) is 0 Å². The van der Waals surface area contributed by atoms with Gasteiger partial charge in [0.05, 0.1) is 6.04 Å². The van der Waals surface area contributed by atoms with E-state index in [1.54, 1.807) is 0 Å². The highest BCUT2D eigenvalue weighted by Crippen LogP contribution is 2.14. The molecule has 2 rings (SSSR count). The zero-order valence-electron chi connectivity index (χ0n) is 13.2. The quantitative estimate of drug-likeness (QED) is 0.900. The van der Waals surface area contributed by atoms with Gasteiger partial charge in [-0.2, -0.15) is 0 Å². The van der Waals surface area contributed by atoms with Gasteiger partial charge in [0.25, 0.3) is 0 Å². The molecular formula is C17H27N3O. The van der Waals surface area contributed by atoms with Crippen LogP contribution >= 0.6 is 0 Å². The molecule has 0 bridgehead atoms. The summed E-state index contributed by atoms with van der Waals surface area (Å²) < 4.78 is 0. The second-order valence-electron chi connectivity index (χ2n) is 6.00. The number of carbonyl (C=O) groups excluding carboxylic acids is 1. The predicted octanol–water partition coefficient (Wildman–Crippen LogP) is 1.85. The molecule has 0 saturated carbocycles. The molecule has 116 valence electrons. The minimum Gasteiger partial charge on any atom is -0.336 e. The topological polar surface area (TPSA) is 49.6 Å². The van der Waals surface area contributed by atoms with Crippen LogP contribution in [0.3, 0.4) is 0 Å². The Morgan fingerprint density at radius 3 is 2.67 bits per heavy atom. The molecule has 1 saturated heterocycles. The number of benzene rings is 1. The van der Waals surface area contributed by atoms with Gasteiger partial charge in [0.15, 0.2) is 0 Å². The number of nitrogens with zero attached hydrogens (tertiary/aromatic N) is 2. The van der Waals surface area contributed by atoms with Crippen LogP contribution in [0.4, 0.5) is 0 Å². The number of nitrogens with two attached hydrogens (primary N) is 1. The highest BCUT2D eigenvalue weighted by molar-refractivity contribution is 5.82. The van der Waals surface area contributed by atoms with Crippen molar-refractivity contribution in [2.24, 2.45) is 5.73 Å². The van der Waals surface area contributed by atoms with E-state index in [2.05, 4.69) is 43.0 Å². The lowest BCUT2D eigenvalue weighted by Crippen LogP contribution is -2.57. The van der Waals surface area contributed by atoms with Crippen LogP contribution in [0.15, 0.2) is 30.3 Å². The maximum absolute atomic E-state index is 12.3. The second-order valence-corrected chi connectivity index (χ2v) is 6.00. The minimum absolute atomic E-state index is 0.115. The van der Waals surface area contributed by atoms with E-state index in [1.807, 2.05) is 11.0 Å². The summed E-state index contributed by atoms with van der Waals surface area (Å²) in [7, 11) is 0. The molecule has 1 aliphatic heterocycles. The first-order valence-corrected chi connectivity index (χ1v) is 7.94. The first-order valence-electron chi connectivity index (χ1n) is 7.94. The van der Waals surface area contributed by atoms with Crippen molar-refractivity contribution in [2.45, 2.75) is 45.3 Å². The SMILES string of the molecule is CCCC(N)C(=O)N1CCN(Cc2ccccc2)CC1C. The van der Waals surface area contributed by atoms with Crippen LogP contribution in [-0.2, 0) is 11.3 Å². The van der Waals surface area contributed by atoms with Crippen LogP contribution in [0.5, 0.6) is 0 Å². The second kappa shape index (κ2) is 7.57. The first-order chi connectivity index (χ1) is 10.1. The Morgan fingerprint density at radius 2 is 2.05 bits per heavy atom. The van der Waals surface area contributed by atoms with Crippen molar-refractivity contribution in [2.75, 3.05) is 19.6 Å². The molecule has 21 heavy (non-hydrogen) atoms. The zero-order chi connectivity index (χ0) is 15.2. The maximum atomic E-state index is 12.3. The summed E-state index contributed by atoms with van der Waals surface area (Å²) in [5.41, 5.74) is 7.30. The van der Waals surface area contributed by atoms with Gasteiger partial charge >= 0.3 is 0 Å². The van der Waals surface area contributed by atoms with E-state index in [9.17, 15) is 4.79 Å². The molecule has 0 radical (unpaired) electrons. The molecule has 4 heteroatoms. The van der Waals surface area contributed by atoms with Crippen molar-refractivity contribution >= 4 is 5.91 Å². The van der Waals surface area contributed by atoms with Crippen molar-refractivity contribution in [3.05, 3.63) is 35.9 Å². The molecule has 2 N–H and O–H groups in total. The van der Waals surface area contributed by atoms with Gasteiger partial charge in [-0.1, -0.05) is 43.7 Å². The summed E-state index contributed by atoms with van der Waals surface area (Å²) in [5, 5.41) is 0. The number of amides is 1. The molecule has 1 amide bonds.